The Balaban J connectivity index is 2.30. The van der Waals surface area contributed by atoms with Gasteiger partial charge in [-0.15, -0.1) is 0 Å². The molecule has 0 saturated heterocycles. The number of hydrogen-bond donors (Lipinski definition) is 1. The Morgan fingerprint density at radius 3 is 2.29 bits per heavy atom. The van der Waals surface area contributed by atoms with Crippen LogP contribution in [0.2, 0.25) is 0 Å². The fourth-order valence-electron chi connectivity index (χ4n) is 2.43. The Labute approximate surface area is 122 Å². The van der Waals surface area contributed by atoms with Crippen LogP contribution in [0.15, 0.2) is 36.4 Å². The van der Waals surface area contributed by atoms with Crippen molar-refractivity contribution in [2.75, 3.05) is 6.54 Å². The maximum Gasteiger partial charge on any atom is 0.130 e. The van der Waals surface area contributed by atoms with E-state index in [-0.39, 0.29) is 11.9 Å². The molecule has 0 bridgehead atoms. The highest BCUT2D eigenvalue weighted by atomic mass is 19.1. The normalized spacial score (nSPS) is 12.4. The molecule has 0 spiro atoms. The summed E-state index contributed by atoms with van der Waals surface area (Å²) in [5.41, 5.74) is 2.17. The number of nitrogens with one attached hydrogen (secondary N) is 1. The Hall–Kier alpha value is -1.81. The number of benzene rings is 2. The SMILES string of the molecule is CCNC(Cc1ccc(F)cc1C)c1ccc(F)cc1F. The molecule has 0 radical (unpaired) electrons. The second-order valence-electron chi connectivity index (χ2n) is 5.05. The standard InChI is InChI=1S/C17H18F3N/c1-3-21-17(15-7-6-14(19)10-16(15)20)9-12-4-5-13(18)8-11(12)2/h4-8,10,17,21H,3,9H2,1-2H3. The highest BCUT2D eigenvalue weighted by molar-refractivity contribution is 5.30. The summed E-state index contributed by atoms with van der Waals surface area (Å²) < 4.78 is 40.1. The summed E-state index contributed by atoms with van der Waals surface area (Å²) in [6.45, 7) is 4.40. The molecule has 0 aromatic heterocycles. The van der Waals surface area contributed by atoms with Gasteiger partial charge in [0.15, 0.2) is 0 Å². The lowest BCUT2D eigenvalue weighted by atomic mass is 9.95. The van der Waals surface area contributed by atoms with Crippen LogP contribution in [0, 0.1) is 24.4 Å². The van der Waals surface area contributed by atoms with Gasteiger partial charge in [-0.05, 0) is 49.2 Å². The molecule has 112 valence electrons. The second-order valence-corrected chi connectivity index (χ2v) is 5.05. The van der Waals surface area contributed by atoms with Crippen molar-refractivity contribution in [3.05, 3.63) is 70.5 Å². The Kier molecular flexibility index (Phi) is 5.02. The fraction of sp³-hybridized carbons (Fsp3) is 0.294. The first-order chi connectivity index (χ1) is 10.0. The Morgan fingerprint density at radius 2 is 1.67 bits per heavy atom. The van der Waals surface area contributed by atoms with Gasteiger partial charge in [-0.25, -0.2) is 13.2 Å². The van der Waals surface area contributed by atoms with Gasteiger partial charge in [-0.2, -0.15) is 0 Å². The van der Waals surface area contributed by atoms with Crippen LogP contribution in [0.5, 0.6) is 0 Å². The predicted molar refractivity (Wildman–Crippen MR) is 77.6 cm³/mol. The Bertz CT molecular complexity index is 625. The summed E-state index contributed by atoms with van der Waals surface area (Å²) in [7, 11) is 0. The molecule has 0 saturated carbocycles. The van der Waals surface area contributed by atoms with Gasteiger partial charge in [0.1, 0.15) is 17.5 Å². The highest BCUT2D eigenvalue weighted by Gasteiger charge is 2.17. The summed E-state index contributed by atoms with van der Waals surface area (Å²) in [6, 6.07) is 7.87. The van der Waals surface area contributed by atoms with Gasteiger partial charge in [0, 0.05) is 17.7 Å². The first kappa shape index (κ1) is 15.6. The van der Waals surface area contributed by atoms with Crippen molar-refractivity contribution in [1.82, 2.24) is 5.32 Å². The molecule has 0 aliphatic heterocycles. The van der Waals surface area contributed by atoms with Crippen molar-refractivity contribution in [2.24, 2.45) is 0 Å². The highest BCUT2D eigenvalue weighted by Crippen LogP contribution is 2.24. The zero-order chi connectivity index (χ0) is 15.4. The van der Waals surface area contributed by atoms with Crippen LogP contribution >= 0.6 is 0 Å². The molecule has 1 unspecified atom stereocenters. The average Bonchev–Trinajstić information content (AvgIpc) is 2.41. The molecule has 1 nitrogen and oxygen atoms in total. The zero-order valence-electron chi connectivity index (χ0n) is 12.1. The first-order valence-corrected chi connectivity index (χ1v) is 6.94. The van der Waals surface area contributed by atoms with Crippen molar-refractivity contribution < 1.29 is 13.2 Å². The summed E-state index contributed by atoms with van der Waals surface area (Å²) in [5.74, 6) is -1.45. The number of rotatable bonds is 5. The monoisotopic (exact) mass is 293 g/mol. The smallest absolute Gasteiger partial charge is 0.130 e. The molecular formula is C17H18F3N. The minimum absolute atomic E-state index is 0.278. The summed E-state index contributed by atoms with van der Waals surface area (Å²) >= 11 is 0. The molecule has 2 rings (SSSR count). The molecule has 0 amide bonds. The van der Waals surface area contributed by atoms with E-state index in [2.05, 4.69) is 5.32 Å². The molecule has 0 aliphatic rings. The lowest BCUT2D eigenvalue weighted by Gasteiger charge is -2.20. The maximum absolute atomic E-state index is 14.0. The molecule has 0 heterocycles. The second kappa shape index (κ2) is 6.76. The third-order valence-corrected chi connectivity index (χ3v) is 3.52. The predicted octanol–water partition coefficient (Wildman–Crippen LogP) is 4.31. The van der Waals surface area contributed by atoms with E-state index in [1.807, 2.05) is 13.8 Å². The summed E-state index contributed by atoms with van der Waals surface area (Å²) in [6.07, 6.45) is 0.516. The number of halogens is 3. The summed E-state index contributed by atoms with van der Waals surface area (Å²) in [4.78, 5) is 0. The summed E-state index contributed by atoms with van der Waals surface area (Å²) in [5, 5.41) is 3.19. The van der Waals surface area contributed by atoms with Crippen LogP contribution in [-0.2, 0) is 6.42 Å². The van der Waals surface area contributed by atoms with Crippen LogP contribution in [0.25, 0.3) is 0 Å². The maximum atomic E-state index is 14.0. The van der Waals surface area contributed by atoms with Gasteiger partial charge in [0.25, 0.3) is 0 Å². The van der Waals surface area contributed by atoms with Crippen LogP contribution in [-0.4, -0.2) is 6.54 Å². The topological polar surface area (TPSA) is 12.0 Å². The molecule has 0 fully saturated rings. The van der Waals surface area contributed by atoms with E-state index in [1.165, 1.54) is 24.3 Å². The third-order valence-electron chi connectivity index (χ3n) is 3.52. The van der Waals surface area contributed by atoms with E-state index in [0.29, 0.717) is 18.5 Å². The van der Waals surface area contributed by atoms with E-state index < -0.39 is 11.6 Å². The lowest BCUT2D eigenvalue weighted by Crippen LogP contribution is -2.24. The van der Waals surface area contributed by atoms with Gasteiger partial charge < -0.3 is 5.32 Å². The van der Waals surface area contributed by atoms with Crippen LogP contribution in [0.4, 0.5) is 13.2 Å². The van der Waals surface area contributed by atoms with Crippen molar-refractivity contribution >= 4 is 0 Å². The molecule has 4 heteroatoms. The van der Waals surface area contributed by atoms with Crippen LogP contribution in [0.3, 0.4) is 0 Å². The van der Waals surface area contributed by atoms with Crippen molar-refractivity contribution in [3.8, 4) is 0 Å². The molecule has 2 aromatic carbocycles. The molecule has 21 heavy (non-hydrogen) atoms. The minimum atomic E-state index is -0.593. The van der Waals surface area contributed by atoms with Crippen molar-refractivity contribution in [2.45, 2.75) is 26.3 Å². The molecule has 1 N–H and O–H groups in total. The number of aryl methyl sites for hydroxylation is 1. The van der Waals surface area contributed by atoms with E-state index in [0.717, 1.165) is 17.2 Å². The van der Waals surface area contributed by atoms with Crippen molar-refractivity contribution in [1.29, 1.82) is 0 Å². The van der Waals surface area contributed by atoms with E-state index >= 15 is 0 Å². The van der Waals surface area contributed by atoms with Crippen LogP contribution < -0.4 is 5.32 Å². The molecule has 1 atom stereocenters. The number of likely N-dealkylation sites (N-methyl/N-ethyl adjacent to an activating group) is 1. The van der Waals surface area contributed by atoms with Gasteiger partial charge in [0.2, 0.25) is 0 Å². The minimum Gasteiger partial charge on any atom is -0.310 e. The van der Waals surface area contributed by atoms with E-state index in [1.54, 1.807) is 6.07 Å². The van der Waals surface area contributed by atoms with E-state index in [4.69, 9.17) is 0 Å². The Morgan fingerprint density at radius 1 is 1.00 bits per heavy atom. The van der Waals surface area contributed by atoms with Gasteiger partial charge in [-0.1, -0.05) is 19.1 Å². The first-order valence-electron chi connectivity index (χ1n) is 6.94. The van der Waals surface area contributed by atoms with Gasteiger partial charge in [0.05, 0.1) is 0 Å². The molecule has 2 aromatic rings. The lowest BCUT2D eigenvalue weighted by molar-refractivity contribution is 0.501. The quantitative estimate of drug-likeness (QED) is 0.866. The average molecular weight is 293 g/mol. The molecule has 0 aliphatic carbocycles. The van der Waals surface area contributed by atoms with Crippen LogP contribution in [0.1, 0.15) is 29.7 Å². The zero-order valence-corrected chi connectivity index (χ0v) is 12.1. The largest absolute Gasteiger partial charge is 0.310 e. The molecular weight excluding hydrogens is 275 g/mol. The number of hydrogen-bond acceptors (Lipinski definition) is 1. The van der Waals surface area contributed by atoms with Crippen molar-refractivity contribution in [3.63, 3.8) is 0 Å². The fourth-order valence-corrected chi connectivity index (χ4v) is 2.43. The third kappa shape index (κ3) is 3.85. The van der Waals surface area contributed by atoms with Gasteiger partial charge in [-0.3, -0.25) is 0 Å². The van der Waals surface area contributed by atoms with Gasteiger partial charge >= 0.3 is 0 Å². The van der Waals surface area contributed by atoms with E-state index in [9.17, 15) is 13.2 Å².